The van der Waals surface area contributed by atoms with Crippen LogP contribution in [0.2, 0.25) is 0 Å². The van der Waals surface area contributed by atoms with Gasteiger partial charge in [-0.1, -0.05) is 30.0 Å². The highest BCUT2D eigenvalue weighted by Crippen LogP contribution is 2.07. The van der Waals surface area contributed by atoms with E-state index in [0.29, 0.717) is 6.54 Å². The number of aliphatic hydroxyl groups excluding tert-OH is 1. The van der Waals surface area contributed by atoms with Gasteiger partial charge in [0.25, 0.3) is 5.91 Å². The number of hydrogen-bond donors (Lipinski definition) is 3. The van der Waals surface area contributed by atoms with Gasteiger partial charge in [0.05, 0.1) is 6.20 Å². The van der Waals surface area contributed by atoms with Crippen LogP contribution in [0.1, 0.15) is 21.6 Å². The minimum atomic E-state index is -0.307. The van der Waals surface area contributed by atoms with Crippen LogP contribution in [0.4, 0.5) is 0 Å². The highest BCUT2D eigenvalue weighted by Gasteiger charge is 2.08. The number of carbonyl (C=O) groups excluding carboxylic acids is 1. The lowest BCUT2D eigenvalue weighted by Gasteiger charge is -2.05. The second kappa shape index (κ2) is 6.33. The molecular weight excluding hydrogens is 244 g/mol. The summed E-state index contributed by atoms with van der Waals surface area (Å²) in [6.07, 6.45) is 1.35. The van der Waals surface area contributed by atoms with E-state index >= 15 is 0 Å². The number of rotatable bonds is 3. The molecule has 0 saturated carbocycles. The summed E-state index contributed by atoms with van der Waals surface area (Å²) in [7, 11) is 0. The van der Waals surface area contributed by atoms with Crippen LogP contribution in [0.25, 0.3) is 0 Å². The zero-order valence-electron chi connectivity index (χ0n) is 10.1. The number of amides is 1. The molecule has 0 spiro atoms. The zero-order chi connectivity index (χ0) is 13.5. The predicted octanol–water partition coefficient (Wildman–Crippen LogP) is 0.0785. The van der Waals surface area contributed by atoms with Crippen molar-refractivity contribution in [2.45, 2.75) is 6.54 Å². The Morgan fingerprint density at radius 1 is 1.42 bits per heavy atom. The molecule has 0 radical (unpaired) electrons. The maximum Gasteiger partial charge on any atom is 0.273 e. The Bertz CT molecular complexity index is 611. The summed E-state index contributed by atoms with van der Waals surface area (Å²) in [6, 6.07) is 7.41. The van der Waals surface area contributed by atoms with E-state index in [-0.39, 0.29) is 18.2 Å². The molecule has 0 aliphatic rings. The second-order valence-electron chi connectivity index (χ2n) is 3.65. The first kappa shape index (κ1) is 12.8. The number of carbonyl (C=O) groups is 1. The topological polar surface area (TPSA) is 90.9 Å². The summed E-state index contributed by atoms with van der Waals surface area (Å²) >= 11 is 0. The number of hydrogen-bond acceptors (Lipinski definition) is 4. The Kier molecular flexibility index (Phi) is 4.26. The van der Waals surface area contributed by atoms with Crippen molar-refractivity contribution in [1.29, 1.82) is 0 Å². The number of nitrogens with zero attached hydrogens (tertiary/aromatic N) is 2. The molecular formula is C13H12N4O2. The lowest BCUT2D eigenvalue weighted by molar-refractivity contribution is 0.0946. The van der Waals surface area contributed by atoms with Crippen LogP contribution >= 0.6 is 0 Å². The molecule has 0 aliphatic carbocycles. The van der Waals surface area contributed by atoms with E-state index in [2.05, 4.69) is 32.6 Å². The van der Waals surface area contributed by atoms with Gasteiger partial charge in [-0.3, -0.25) is 4.79 Å². The molecule has 3 N–H and O–H groups in total. The Labute approximate surface area is 109 Å². The molecule has 1 amide bonds. The van der Waals surface area contributed by atoms with E-state index in [1.807, 2.05) is 24.3 Å². The van der Waals surface area contributed by atoms with Gasteiger partial charge in [-0.15, -0.1) is 0 Å². The summed E-state index contributed by atoms with van der Waals surface area (Å²) in [5.41, 5.74) is 1.89. The van der Waals surface area contributed by atoms with Crippen LogP contribution in [0.15, 0.2) is 30.5 Å². The first-order valence-electron chi connectivity index (χ1n) is 5.63. The van der Waals surface area contributed by atoms with Crippen molar-refractivity contribution < 1.29 is 9.90 Å². The molecule has 2 aromatic rings. The van der Waals surface area contributed by atoms with Crippen LogP contribution in [0.3, 0.4) is 0 Å². The van der Waals surface area contributed by atoms with E-state index in [9.17, 15) is 4.79 Å². The summed E-state index contributed by atoms with van der Waals surface area (Å²) in [5.74, 6) is 5.11. The van der Waals surface area contributed by atoms with Crippen LogP contribution < -0.4 is 5.32 Å². The maximum atomic E-state index is 11.7. The molecule has 2 rings (SSSR count). The fourth-order valence-corrected chi connectivity index (χ4v) is 1.51. The molecule has 0 saturated heterocycles. The molecule has 1 heterocycles. The highest BCUT2D eigenvalue weighted by atomic mass is 16.2. The van der Waals surface area contributed by atoms with Crippen LogP contribution in [0.5, 0.6) is 0 Å². The van der Waals surface area contributed by atoms with Gasteiger partial charge >= 0.3 is 0 Å². The standard InChI is InChI=1S/C13H12N4O2/c18-7-3-6-10-4-1-2-5-11(10)8-14-13(19)12-9-15-17-16-12/h1-2,4-5,9,18H,7-8H2,(H,14,19)(H,15,16,17). The van der Waals surface area contributed by atoms with Crippen molar-refractivity contribution in [1.82, 2.24) is 20.7 Å². The Morgan fingerprint density at radius 3 is 3.00 bits per heavy atom. The quantitative estimate of drug-likeness (QED) is 0.678. The number of aliphatic hydroxyl groups is 1. The van der Waals surface area contributed by atoms with Gasteiger partial charge in [-0.25, -0.2) is 0 Å². The fourth-order valence-electron chi connectivity index (χ4n) is 1.51. The number of nitrogens with one attached hydrogen (secondary N) is 2. The molecule has 0 atom stereocenters. The molecule has 0 unspecified atom stereocenters. The van der Waals surface area contributed by atoms with E-state index in [4.69, 9.17) is 5.11 Å². The van der Waals surface area contributed by atoms with E-state index in [0.717, 1.165) is 11.1 Å². The van der Waals surface area contributed by atoms with Gasteiger partial charge < -0.3 is 10.4 Å². The second-order valence-corrected chi connectivity index (χ2v) is 3.65. The Morgan fingerprint density at radius 2 is 2.26 bits per heavy atom. The third-order valence-electron chi connectivity index (χ3n) is 2.41. The Hall–Kier alpha value is -2.65. The van der Waals surface area contributed by atoms with Crippen molar-refractivity contribution in [3.8, 4) is 11.8 Å². The Balaban J connectivity index is 2.05. The molecule has 0 aliphatic heterocycles. The minimum Gasteiger partial charge on any atom is -0.384 e. The molecule has 0 bridgehead atoms. The average molecular weight is 256 g/mol. The third-order valence-corrected chi connectivity index (χ3v) is 2.41. The number of aromatic nitrogens is 3. The maximum absolute atomic E-state index is 11.7. The molecule has 6 heteroatoms. The van der Waals surface area contributed by atoms with Crippen molar-refractivity contribution in [2.24, 2.45) is 0 Å². The van der Waals surface area contributed by atoms with Gasteiger partial charge in [0, 0.05) is 12.1 Å². The van der Waals surface area contributed by atoms with Gasteiger partial charge in [-0.05, 0) is 11.6 Å². The van der Waals surface area contributed by atoms with Crippen LogP contribution in [-0.2, 0) is 6.54 Å². The van der Waals surface area contributed by atoms with Crippen molar-refractivity contribution in [3.05, 3.63) is 47.3 Å². The summed E-state index contributed by atoms with van der Waals surface area (Å²) in [4.78, 5) is 11.7. The molecule has 1 aromatic carbocycles. The molecule has 6 nitrogen and oxygen atoms in total. The van der Waals surface area contributed by atoms with Crippen LogP contribution in [-0.4, -0.2) is 33.0 Å². The molecule has 96 valence electrons. The zero-order valence-corrected chi connectivity index (χ0v) is 10.1. The average Bonchev–Trinajstić information content (AvgIpc) is 2.97. The van der Waals surface area contributed by atoms with Gasteiger partial charge in [0.15, 0.2) is 5.69 Å². The normalized spacial score (nSPS) is 9.53. The first-order chi connectivity index (χ1) is 9.31. The van der Waals surface area contributed by atoms with Gasteiger partial charge in [0.2, 0.25) is 0 Å². The van der Waals surface area contributed by atoms with Crippen molar-refractivity contribution in [3.63, 3.8) is 0 Å². The smallest absolute Gasteiger partial charge is 0.273 e. The summed E-state index contributed by atoms with van der Waals surface area (Å²) in [6.45, 7) is 0.140. The highest BCUT2D eigenvalue weighted by molar-refractivity contribution is 5.91. The van der Waals surface area contributed by atoms with E-state index in [1.54, 1.807) is 0 Å². The van der Waals surface area contributed by atoms with E-state index < -0.39 is 0 Å². The molecule has 0 fully saturated rings. The fraction of sp³-hybridized carbons (Fsp3) is 0.154. The lowest BCUT2D eigenvalue weighted by Crippen LogP contribution is -2.23. The number of H-pyrrole nitrogens is 1. The number of aromatic amines is 1. The molecule has 19 heavy (non-hydrogen) atoms. The molecule has 1 aromatic heterocycles. The number of benzene rings is 1. The van der Waals surface area contributed by atoms with Crippen molar-refractivity contribution >= 4 is 5.91 Å². The third kappa shape index (κ3) is 3.40. The summed E-state index contributed by atoms with van der Waals surface area (Å²) in [5, 5.41) is 21.1. The summed E-state index contributed by atoms with van der Waals surface area (Å²) < 4.78 is 0. The predicted molar refractivity (Wildman–Crippen MR) is 68.0 cm³/mol. The van der Waals surface area contributed by atoms with Gasteiger partial charge in [0.1, 0.15) is 6.61 Å². The van der Waals surface area contributed by atoms with Crippen molar-refractivity contribution in [2.75, 3.05) is 6.61 Å². The monoisotopic (exact) mass is 256 g/mol. The SMILES string of the molecule is O=C(NCc1ccccc1C#CCO)c1cn[nH]n1. The first-order valence-corrected chi connectivity index (χ1v) is 5.63. The minimum absolute atomic E-state index is 0.195. The van der Waals surface area contributed by atoms with Gasteiger partial charge in [-0.2, -0.15) is 15.4 Å². The van der Waals surface area contributed by atoms with E-state index in [1.165, 1.54) is 6.20 Å². The van der Waals surface area contributed by atoms with Crippen LogP contribution in [0, 0.1) is 11.8 Å². The largest absolute Gasteiger partial charge is 0.384 e. The lowest BCUT2D eigenvalue weighted by atomic mass is 10.1.